The molecule has 2 fully saturated rings. The molecule has 1 aromatic rings. The molecule has 1 aromatic heterocycles. The molecule has 3 heterocycles. The monoisotopic (exact) mass is 262 g/mol. The zero-order valence-corrected chi connectivity index (χ0v) is 11.3. The first-order valence-corrected chi connectivity index (χ1v) is 7.12. The van der Waals surface area contributed by atoms with E-state index in [4.69, 9.17) is 10.5 Å². The fourth-order valence-electron chi connectivity index (χ4n) is 3.02. The zero-order chi connectivity index (χ0) is 13.1. The lowest BCUT2D eigenvalue weighted by Crippen LogP contribution is -2.52. The van der Waals surface area contributed by atoms with Crippen LogP contribution in [0.2, 0.25) is 0 Å². The molecular formula is C14H22N4O. The Hall–Kier alpha value is -1.33. The van der Waals surface area contributed by atoms with Gasteiger partial charge in [-0.25, -0.2) is 4.98 Å². The van der Waals surface area contributed by atoms with Crippen molar-refractivity contribution >= 4 is 11.5 Å². The average Bonchev–Trinajstić information content (AvgIpc) is 2.49. The van der Waals surface area contributed by atoms with Crippen LogP contribution in [-0.2, 0) is 4.74 Å². The van der Waals surface area contributed by atoms with Gasteiger partial charge in [-0.2, -0.15) is 0 Å². The predicted octanol–water partition coefficient (Wildman–Crippen LogP) is 0.965. The molecule has 5 heteroatoms. The van der Waals surface area contributed by atoms with E-state index in [1.165, 1.54) is 12.8 Å². The number of anilines is 2. The Bertz CT molecular complexity index is 412. The van der Waals surface area contributed by atoms with Gasteiger partial charge < -0.3 is 15.4 Å². The number of piperazine rings is 1. The summed E-state index contributed by atoms with van der Waals surface area (Å²) in [6.45, 7) is 6.05. The van der Waals surface area contributed by atoms with Gasteiger partial charge in [0.15, 0.2) is 5.82 Å². The van der Waals surface area contributed by atoms with Gasteiger partial charge in [-0.05, 0) is 25.0 Å². The fraction of sp³-hybridized carbons (Fsp3) is 0.643. The van der Waals surface area contributed by atoms with Crippen molar-refractivity contribution in [3.8, 4) is 0 Å². The van der Waals surface area contributed by atoms with Gasteiger partial charge in [-0.1, -0.05) is 0 Å². The predicted molar refractivity (Wildman–Crippen MR) is 76.3 cm³/mol. The van der Waals surface area contributed by atoms with Gasteiger partial charge in [0.1, 0.15) is 0 Å². The minimum Gasteiger partial charge on any atom is -0.396 e. The van der Waals surface area contributed by atoms with Crippen LogP contribution in [0.1, 0.15) is 12.8 Å². The maximum atomic E-state index is 5.99. The number of pyridine rings is 1. The second kappa shape index (κ2) is 5.75. The van der Waals surface area contributed by atoms with E-state index in [2.05, 4.69) is 14.8 Å². The molecule has 0 unspecified atom stereocenters. The highest BCUT2D eigenvalue weighted by atomic mass is 16.5. The number of ether oxygens (including phenoxy) is 1. The van der Waals surface area contributed by atoms with Crippen molar-refractivity contribution < 1.29 is 4.74 Å². The van der Waals surface area contributed by atoms with E-state index in [9.17, 15) is 0 Å². The summed E-state index contributed by atoms with van der Waals surface area (Å²) in [5, 5.41) is 0. The van der Waals surface area contributed by atoms with Gasteiger partial charge in [0.25, 0.3) is 0 Å². The molecule has 5 nitrogen and oxygen atoms in total. The Kier molecular flexibility index (Phi) is 3.84. The van der Waals surface area contributed by atoms with Gasteiger partial charge in [-0.15, -0.1) is 0 Å². The smallest absolute Gasteiger partial charge is 0.151 e. The van der Waals surface area contributed by atoms with E-state index >= 15 is 0 Å². The van der Waals surface area contributed by atoms with Gasteiger partial charge in [0, 0.05) is 51.6 Å². The normalized spacial score (nSPS) is 22.6. The van der Waals surface area contributed by atoms with Gasteiger partial charge >= 0.3 is 0 Å². The Morgan fingerprint density at radius 2 is 1.89 bits per heavy atom. The van der Waals surface area contributed by atoms with Crippen LogP contribution in [-0.4, -0.2) is 55.3 Å². The van der Waals surface area contributed by atoms with E-state index in [0.29, 0.717) is 6.04 Å². The number of aromatic nitrogens is 1. The largest absolute Gasteiger partial charge is 0.396 e. The summed E-state index contributed by atoms with van der Waals surface area (Å²) in [5.41, 5.74) is 6.77. The number of nitrogen functional groups attached to an aromatic ring is 1. The van der Waals surface area contributed by atoms with Crippen molar-refractivity contribution in [1.82, 2.24) is 9.88 Å². The number of rotatable bonds is 2. The van der Waals surface area contributed by atoms with E-state index in [1.807, 2.05) is 18.3 Å². The molecule has 3 rings (SSSR count). The molecule has 0 radical (unpaired) electrons. The Morgan fingerprint density at radius 1 is 1.16 bits per heavy atom. The van der Waals surface area contributed by atoms with Crippen LogP contribution in [0.4, 0.5) is 11.5 Å². The molecule has 2 aliphatic heterocycles. The standard InChI is InChI=1S/C14H22N4O/c15-13-2-1-5-16-14(13)18-8-6-17(7-9-18)12-3-10-19-11-4-12/h1-2,5,12H,3-4,6-11,15H2. The minimum atomic E-state index is 0.706. The van der Waals surface area contributed by atoms with Crippen molar-refractivity contribution in [2.45, 2.75) is 18.9 Å². The van der Waals surface area contributed by atoms with Crippen LogP contribution in [0.25, 0.3) is 0 Å². The van der Waals surface area contributed by atoms with Crippen LogP contribution in [0.5, 0.6) is 0 Å². The summed E-state index contributed by atoms with van der Waals surface area (Å²) in [5.74, 6) is 0.939. The maximum absolute atomic E-state index is 5.99. The first-order valence-electron chi connectivity index (χ1n) is 7.12. The van der Waals surface area contributed by atoms with Gasteiger partial charge in [-0.3, -0.25) is 4.90 Å². The molecule has 0 bridgehead atoms. The van der Waals surface area contributed by atoms with Crippen molar-refractivity contribution in [3.05, 3.63) is 18.3 Å². The van der Waals surface area contributed by atoms with Crippen LogP contribution in [0, 0.1) is 0 Å². The molecule has 19 heavy (non-hydrogen) atoms. The molecule has 0 aliphatic carbocycles. The van der Waals surface area contributed by atoms with Gasteiger partial charge in [0.2, 0.25) is 0 Å². The first kappa shape index (κ1) is 12.7. The van der Waals surface area contributed by atoms with Crippen LogP contribution in [0.15, 0.2) is 18.3 Å². The van der Waals surface area contributed by atoms with E-state index in [-0.39, 0.29) is 0 Å². The summed E-state index contributed by atoms with van der Waals surface area (Å²) in [6.07, 6.45) is 4.16. The molecule has 0 saturated carbocycles. The zero-order valence-electron chi connectivity index (χ0n) is 11.3. The maximum Gasteiger partial charge on any atom is 0.151 e. The van der Waals surface area contributed by atoms with E-state index < -0.39 is 0 Å². The van der Waals surface area contributed by atoms with E-state index in [0.717, 1.165) is 50.9 Å². The molecule has 2 aliphatic rings. The highest BCUT2D eigenvalue weighted by Gasteiger charge is 2.26. The van der Waals surface area contributed by atoms with Crippen molar-refractivity contribution in [2.75, 3.05) is 50.0 Å². The van der Waals surface area contributed by atoms with Crippen LogP contribution < -0.4 is 10.6 Å². The second-order valence-corrected chi connectivity index (χ2v) is 5.28. The lowest BCUT2D eigenvalue weighted by atomic mass is 10.1. The third kappa shape index (κ3) is 2.82. The molecule has 2 saturated heterocycles. The summed E-state index contributed by atoms with van der Waals surface area (Å²) >= 11 is 0. The number of nitrogens with zero attached hydrogens (tertiary/aromatic N) is 3. The van der Waals surface area contributed by atoms with Crippen molar-refractivity contribution in [3.63, 3.8) is 0 Å². The Balaban J connectivity index is 1.58. The summed E-state index contributed by atoms with van der Waals surface area (Å²) in [7, 11) is 0. The fourth-order valence-corrected chi connectivity index (χ4v) is 3.02. The first-order chi connectivity index (χ1) is 9.34. The molecular weight excluding hydrogens is 240 g/mol. The second-order valence-electron chi connectivity index (χ2n) is 5.28. The SMILES string of the molecule is Nc1cccnc1N1CCN(C2CCOCC2)CC1. The van der Waals surface area contributed by atoms with Crippen molar-refractivity contribution in [1.29, 1.82) is 0 Å². The van der Waals surface area contributed by atoms with Crippen LogP contribution in [0.3, 0.4) is 0 Å². The quantitative estimate of drug-likeness (QED) is 0.860. The highest BCUT2D eigenvalue weighted by molar-refractivity contribution is 5.62. The highest BCUT2D eigenvalue weighted by Crippen LogP contribution is 2.22. The molecule has 104 valence electrons. The average molecular weight is 262 g/mol. The number of hydrogen-bond acceptors (Lipinski definition) is 5. The molecule has 0 amide bonds. The van der Waals surface area contributed by atoms with Gasteiger partial charge in [0.05, 0.1) is 5.69 Å². The lowest BCUT2D eigenvalue weighted by Gasteiger charge is -2.41. The molecule has 0 spiro atoms. The third-order valence-corrected chi connectivity index (χ3v) is 4.14. The summed E-state index contributed by atoms with van der Waals surface area (Å²) < 4.78 is 5.43. The Morgan fingerprint density at radius 3 is 2.58 bits per heavy atom. The molecule has 0 atom stereocenters. The topological polar surface area (TPSA) is 54.6 Å². The third-order valence-electron chi connectivity index (χ3n) is 4.14. The molecule has 0 aromatic carbocycles. The Labute approximate surface area is 114 Å². The minimum absolute atomic E-state index is 0.706. The van der Waals surface area contributed by atoms with Crippen molar-refractivity contribution in [2.24, 2.45) is 0 Å². The number of hydrogen-bond donors (Lipinski definition) is 1. The lowest BCUT2D eigenvalue weighted by molar-refractivity contribution is 0.0321. The van der Waals surface area contributed by atoms with Crippen LogP contribution >= 0.6 is 0 Å². The molecule has 2 N–H and O–H groups in total. The summed E-state index contributed by atoms with van der Waals surface area (Å²) in [4.78, 5) is 9.29. The number of nitrogens with two attached hydrogens (primary N) is 1. The summed E-state index contributed by atoms with van der Waals surface area (Å²) in [6, 6.07) is 4.52. The van der Waals surface area contributed by atoms with E-state index in [1.54, 1.807) is 0 Å².